The number of benzene rings is 2. The zero-order chi connectivity index (χ0) is 15.8. The second kappa shape index (κ2) is 6.34. The van der Waals surface area contributed by atoms with Crippen molar-refractivity contribution >= 4 is 76.5 Å². The summed E-state index contributed by atoms with van der Waals surface area (Å²) in [5.74, 6) is 0. The highest BCUT2D eigenvalue weighted by atomic mass is 79.9. The fourth-order valence-corrected chi connectivity index (χ4v) is 5.82. The highest BCUT2D eigenvalue weighted by molar-refractivity contribution is 9.11. The van der Waals surface area contributed by atoms with Crippen LogP contribution < -0.4 is 10.5 Å². The first-order chi connectivity index (χ1) is 9.70. The van der Waals surface area contributed by atoms with Crippen LogP contribution in [0.15, 0.2) is 44.2 Å². The maximum atomic E-state index is 12.5. The number of halogens is 4. The van der Waals surface area contributed by atoms with Crippen molar-refractivity contribution in [2.75, 3.05) is 10.5 Å². The Hall–Kier alpha value is -0.470. The van der Waals surface area contributed by atoms with Crippen LogP contribution in [0.2, 0.25) is 10.0 Å². The topological polar surface area (TPSA) is 72.2 Å². The van der Waals surface area contributed by atoms with Crippen LogP contribution in [0, 0.1) is 0 Å². The molecular weight excluding hydrogens is 467 g/mol. The van der Waals surface area contributed by atoms with Crippen LogP contribution in [-0.4, -0.2) is 8.42 Å². The molecule has 0 unspecified atom stereocenters. The lowest BCUT2D eigenvalue weighted by molar-refractivity contribution is 0.600. The van der Waals surface area contributed by atoms with Crippen LogP contribution >= 0.6 is 55.1 Å². The molecule has 112 valence electrons. The van der Waals surface area contributed by atoms with Crippen molar-refractivity contribution in [1.29, 1.82) is 0 Å². The first kappa shape index (κ1) is 16.9. The van der Waals surface area contributed by atoms with E-state index in [9.17, 15) is 8.42 Å². The molecule has 0 bridgehead atoms. The third-order valence-corrected chi connectivity index (χ3v) is 6.25. The third kappa shape index (κ3) is 3.84. The van der Waals surface area contributed by atoms with Crippen LogP contribution in [0.3, 0.4) is 0 Å². The minimum atomic E-state index is -3.85. The van der Waals surface area contributed by atoms with Gasteiger partial charge in [-0.1, -0.05) is 23.2 Å². The van der Waals surface area contributed by atoms with Gasteiger partial charge in [-0.25, -0.2) is 8.42 Å². The number of hydrogen-bond acceptors (Lipinski definition) is 3. The molecule has 2 aromatic carbocycles. The molecule has 9 heteroatoms. The molecule has 0 heterocycles. The molecule has 0 atom stereocenters. The lowest BCUT2D eigenvalue weighted by Crippen LogP contribution is -2.14. The van der Waals surface area contributed by atoms with Gasteiger partial charge in [-0.05, 0) is 62.2 Å². The Morgan fingerprint density at radius 3 is 2.14 bits per heavy atom. The second-order valence-electron chi connectivity index (χ2n) is 4.04. The lowest BCUT2D eigenvalue weighted by atomic mass is 10.3. The molecule has 21 heavy (non-hydrogen) atoms. The predicted molar refractivity (Wildman–Crippen MR) is 93.5 cm³/mol. The largest absolute Gasteiger partial charge is 0.399 e. The molecule has 0 radical (unpaired) electrons. The van der Waals surface area contributed by atoms with E-state index >= 15 is 0 Å². The van der Waals surface area contributed by atoms with E-state index in [4.69, 9.17) is 28.9 Å². The van der Waals surface area contributed by atoms with Crippen molar-refractivity contribution in [2.45, 2.75) is 4.90 Å². The van der Waals surface area contributed by atoms with E-state index < -0.39 is 10.0 Å². The fraction of sp³-hybridized carbons (Fsp3) is 0. The molecule has 4 nitrogen and oxygen atoms in total. The molecule has 0 aliphatic heterocycles. The first-order valence-corrected chi connectivity index (χ1v) is 9.25. The van der Waals surface area contributed by atoms with Crippen LogP contribution in [0.1, 0.15) is 0 Å². The van der Waals surface area contributed by atoms with Crippen molar-refractivity contribution in [2.24, 2.45) is 0 Å². The molecule has 0 spiro atoms. The molecule has 2 rings (SSSR count). The Bertz CT molecular complexity index is 790. The van der Waals surface area contributed by atoms with E-state index in [-0.39, 0.29) is 15.6 Å². The van der Waals surface area contributed by atoms with Gasteiger partial charge >= 0.3 is 0 Å². The molecule has 0 aliphatic rings. The Balaban J connectivity index is 2.48. The monoisotopic (exact) mass is 472 g/mol. The summed E-state index contributed by atoms with van der Waals surface area (Å²) in [5.41, 5.74) is 6.31. The number of rotatable bonds is 3. The van der Waals surface area contributed by atoms with E-state index in [1.807, 2.05) is 0 Å². The second-order valence-corrected chi connectivity index (χ2v) is 8.21. The molecular formula is C12H8Br2Cl2N2O2S. The van der Waals surface area contributed by atoms with Gasteiger partial charge in [0.1, 0.15) is 4.90 Å². The Kier molecular flexibility index (Phi) is 5.10. The number of hydrogen-bond donors (Lipinski definition) is 2. The van der Waals surface area contributed by atoms with E-state index in [0.717, 1.165) is 0 Å². The molecule has 0 amide bonds. The summed E-state index contributed by atoms with van der Waals surface area (Å²) >= 11 is 18.1. The highest BCUT2D eigenvalue weighted by Crippen LogP contribution is 2.35. The predicted octanol–water partition coefficient (Wildman–Crippen LogP) is 4.90. The standard InChI is InChI=1S/C12H8Br2Cl2N2O2S/c13-8-4-7(17)5-9(14)12(8)21(19,20)18-11-2-1-6(15)3-10(11)16/h1-5,18H,17H2. The van der Waals surface area contributed by atoms with Crippen LogP contribution in [0.25, 0.3) is 0 Å². The zero-order valence-electron chi connectivity index (χ0n) is 10.2. The lowest BCUT2D eigenvalue weighted by Gasteiger charge is -2.13. The van der Waals surface area contributed by atoms with Gasteiger partial charge in [-0.3, -0.25) is 4.72 Å². The number of nitrogen functional groups attached to an aromatic ring is 1. The van der Waals surface area contributed by atoms with Crippen molar-refractivity contribution < 1.29 is 8.42 Å². The first-order valence-electron chi connectivity index (χ1n) is 5.43. The van der Waals surface area contributed by atoms with Crippen molar-refractivity contribution in [3.63, 3.8) is 0 Å². The molecule has 0 aliphatic carbocycles. The third-order valence-electron chi connectivity index (χ3n) is 2.46. The van der Waals surface area contributed by atoms with Crippen molar-refractivity contribution in [1.82, 2.24) is 0 Å². The minimum absolute atomic E-state index is 0.0303. The van der Waals surface area contributed by atoms with Gasteiger partial charge in [0.15, 0.2) is 0 Å². The Morgan fingerprint density at radius 2 is 1.62 bits per heavy atom. The summed E-state index contributed by atoms with van der Waals surface area (Å²) in [6, 6.07) is 7.49. The fourth-order valence-electron chi connectivity index (χ4n) is 1.60. The van der Waals surface area contributed by atoms with E-state index in [1.54, 1.807) is 6.07 Å². The molecule has 0 fully saturated rings. The summed E-state index contributed by atoms with van der Waals surface area (Å²) in [4.78, 5) is 0.0303. The van der Waals surface area contributed by atoms with E-state index in [0.29, 0.717) is 19.7 Å². The maximum absolute atomic E-state index is 12.5. The normalized spacial score (nSPS) is 11.4. The van der Waals surface area contributed by atoms with Gasteiger partial charge in [0.25, 0.3) is 10.0 Å². The molecule has 0 saturated heterocycles. The van der Waals surface area contributed by atoms with Gasteiger partial charge in [-0.2, -0.15) is 0 Å². The maximum Gasteiger partial charge on any atom is 0.264 e. The molecule has 0 aromatic heterocycles. The van der Waals surface area contributed by atoms with Gasteiger partial charge in [0.05, 0.1) is 10.7 Å². The van der Waals surface area contributed by atoms with E-state index in [2.05, 4.69) is 36.6 Å². The Labute approximate surface area is 148 Å². The van der Waals surface area contributed by atoms with Gasteiger partial charge in [0.2, 0.25) is 0 Å². The summed E-state index contributed by atoms with van der Waals surface area (Å²) in [6.07, 6.45) is 0. The van der Waals surface area contributed by atoms with Crippen LogP contribution in [0.4, 0.5) is 11.4 Å². The SMILES string of the molecule is Nc1cc(Br)c(S(=O)(=O)Nc2ccc(Cl)cc2Cl)c(Br)c1. The van der Waals surface area contributed by atoms with Gasteiger partial charge in [-0.15, -0.1) is 0 Å². The number of nitrogens with one attached hydrogen (secondary N) is 1. The minimum Gasteiger partial charge on any atom is -0.399 e. The van der Waals surface area contributed by atoms with Crippen LogP contribution in [0.5, 0.6) is 0 Å². The zero-order valence-corrected chi connectivity index (χ0v) is 15.7. The van der Waals surface area contributed by atoms with Gasteiger partial charge < -0.3 is 5.73 Å². The van der Waals surface area contributed by atoms with Gasteiger partial charge in [0, 0.05) is 19.7 Å². The summed E-state index contributed by atoms with van der Waals surface area (Å²) in [5, 5.41) is 0.617. The Morgan fingerprint density at radius 1 is 1.05 bits per heavy atom. The smallest absolute Gasteiger partial charge is 0.264 e. The molecule has 2 aromatic rings. The average molecular weight is 475 g/mol. The quantitative estimate of drug-likeness (QED) is 0.621. The molecule has 3 N–H and O–H groups in total. The number of sulfonamides is 1. The van der Waals surface area contributed by atoms with Crippen molar-refractivity contribution in [3.05, 3.63) is 49.3 Å². The van der Waals surface area contributed by atoms with Crippen molar-refractivity contribution in [3.8, 4) is 0 Å². The summed E-state index contributed by atoms with van der Waals surface area (Å²) in [6.45, 7) is 0. The average Bonchev–Trinajstić information content (AvgIpc) is 2.30. The summed E-state index contributed by atoms with van der Waals surface area (Å²) < 4.78 is 28.1. The highest BCUT2D eigenvalue weighted by Gasteiger charge is 2.22. The van der Waals surface area contributed by atoms with E-state index in [1.165, 1.54) is 24.3 Å². The summed E-state index contributed by atoms with van der Waals surface area (Å²) in [7, 11) is -3.85. The molecule has 0 saturated carbocycles. The number of anilines is 2. The van der Waals surface area contributed by atoms with Crippen LogP contribution in [-0.2, 0) is 10.0 Å². The number of nitrogens with two attached hydrogens (primary N) is 1.